The maximum Gasteiger partial charge on any atom is 0.164 e. The number of fused-ring (bicyclic) bond motifs is 3. The molecule has 0 amide bonds. The van der Waals surface area contributed by atoms with Crippen molar-refractivity contribution in [2.24, 2.45) is 0 Å². The molecule has 258 valence electrons. The molecule has 10 aromatic rings. The van der Waals surface area contributed by atoms with E-state index >= 15 is 0 Å². The molecule has 4 heteroatoms. The van der Waals surface area contributed by atoms with Crippen molar-refractivity contribution in [1.82, 2.24) is 19.5 Å². The average molecular weight is 707 g/mol. The number of rotatable bonds is 7. The van der Waals surface area contributed by atoms with Crippen LogP contribution >= 0.6 is 0 Å². The summed E-state index contributed by atoms with van der Waals surface area (Å²) in [7, 11) is 0. The van der Waals surface area contributed by atoms with Gasteiger partial charge in [0.2, 0.25) is 0 Å². The van der Waals surface area contributed by atoms with Gasteiger partial charge in [0.1, 0.15) is 0 Å². The molecule has 0 fully saturated rings. The SMILES string of the molecule is [2H]c1c([2H])c([2H])c2c(c1[2H])c1ccc(-c3ccccc3-c3ccccc3)cc1n2-c1cc(-c2ccccc2)cc(-c2nc(-c3ccccc3)nc(-c3ccccc3)n2)c1. The minimum Gasteiger partial charge on any atom is -0.309 e. The van der Waals surface area contributed by atoms with Crippen molar-refractivity contribution in [2.45, 2.75) is 0 Å². The highest BCUT2D eigenvalue weighted by Gasteiger charge is 2.19. The first-order chi connectivity index (χ1) is 28.9. The van der Waals surface area contributed by atoms with Gasteiger partial charge in [0, 0.05) is 33.2 Å². The van der Waals surface area contributed by atoms with Crippen LogP contribution in [0.3, 0.4) is 0 Å². The maximum atomic E-state index is 9.35. The summed E-state index contributed by atoms with van der Waals surface area (Å²) in [5.74, 6) is 1.54. The van der Waals surface area contributed by atoms with Crippen LogP contribution in [-0.4, -0.2) is 19.5 Å². The van der Waals surface area contributed by atoms with Crippen molar-refractivity contribution >= 4 is 21.8 Å². The van der Waals surface area contributed by atoms with Gasteiger partial charge in [-0.15, -0.1) is 0 Å². The molecule has 0 saturated heterocycles. The fourth-order valence-corrected chi connectivity index (χ4v) is 7.36. The molecule has 55 heavy (non-hydrogen) atoms. The van der Waals surface area contributed by atoms with E-state index in [0.717, 1.165) is 61.0 Å². The Kier molecular flexibility index (Phi) is 7.08. The van der Waals surface area contributed by atoms with E-state index in [1.54, 1.807) is 0 Å². The van der Waals surface area contributed by atoms with E-state index < -0.39 is 0 Å². The fraction of sp³-hybridized carbons (Fsp3) is 0. The van der Waals surface area contributed by atoms with E-state index in [-0.39, 0.29) is 24.2 Å². The zero-order valence-corrected chi connectivity index (χ0v) is 29.6. The Morgan fingerprint density at radius 3 is 1.45 bits per heavy atom. The lowest BCUT2D eigenvalue weighted by molar-refractivity contribution is 1.07. The first kappa shape index (κ1) is 28.1. The van der Waals surface area contributed by atoms with Crippen molar-refractivity contribution in [2.75, 3.05) is 0 Å². The first-order valence-electron chi connectivity index (χ1n) is 20.2. The van der Waals surface area contributed by atoms with Crippen LogP contribution in [0.2, 0.25) is 0 Å². The van der Waals surface area contributed by atoms with E-state index in [1.807, 2.05) is 132 Å². The van der Waals surface area contributed by atoms with Gasteiger partial charge in [0.25, 0.3) is 0 Å². The standard InChI is InChI=1S/C51H34N4/c1-5-17-35(18-6-1)40-31-41(51-53-49(37-21-9-3-10-22-37)52-50(54-51)38-23-11-4-12-24-38)33-42(32-40)55-47-28-16-15-27-45(47)46-30-29-39(34-48(46)55)44-26-14-13-25-43(44)36-19-7-2-8-20-36/h1-34H/i15D,16D,27D,28D. The van der Waals surface area contributed by atoms with E-state index in [9.17, 15) is 2.74 Å². The number of hydrogen-bond acceptors (Lipinski definition) is 3. The molecule has 0 spiro atoms. The quantitative estimate of drug-likeness (QED) is 0.166. The molecule has 0 aliphatic rings. The smallest absolute Gasteiger partial charge is 0.164 e. The van der Waals surface area contributed by atoms with E-state index in [2.05, 4.69) is 54.6 Å². The Bertz CT molecular complexity index is 3130. The fourth-order valence-electron chi connectivity index (χ4n) is 7.36. The van der Waals surface area contributed by atoms with Crippen molar-refractivity contribution < 1.29 is 5.48 Å². The highest BCUT2D eigenvalue weighted by Crippen LogP contribution is 2.39. The van der Waals surface area contributed by atoms with Crippen LogP contribution in [0.5, 0.6) is 0 Å². The second-order valence-electron chi connectivity index (χ2n) is 13.4. The van der Waals surface area contributed by atoms with Crippen LogP contribution in [0.1, 0.15) is 5.48 Å². The van der Waals surface area contributed by atoms with Gasteiger partial charge in [-0.25, -0.2) is 15.0 Å². The van der Waals surface area contributed by atoms with Crippen LogP contribution < -0.4 is 0 Å². The zero-order chi connectivity index (χ0) is 40.0. The summed E-state index contributed by atoms with van der Waals surface area (Å²) >= 11 is 0. The summed E-state index contributed by atoms with van der Waals surface area (Å²) in [6.07, 6.45) is 0. The maximum absolute atomic E-state index is 9.35. The lowest BCUT2D eigenvalue weighted by atomic mass is 9.94. The van der Waals surface area contributed by atoms with Crippen molar-refractivity contribution in [3.05, 3.63) is 206 Å². The van der Waals surface area contributed by atoms with Gasteiger partial charge in [0.15, 0.2) is 17.5 Å². The third-order valence-corrected chi connectivity index (χ3v) is 9.96. The summed E-state index contributed by atoms with van der Waals surface area (Å²) < 4.78 is 38.0. The largest absolute Gasteiger partial charge is 0.309 e. The first-order valence-corrected chi connectivity index (χ1v) is 18.2. The molecule has 0 radical (unpaired) electrons. The van der Waals surface area contributed by atoms with Gasteiger partial charge in [-0.1, -0.05) is 176 Å². The molecular weight excluding hydrogens is 669 g/mol. The van der Waals surface area contributed by atoms with Gasteiger partial charge >= 0.3 is 0 Å². The summed E-state index contributed by atoms with van der Waals surface area (Å²) in [6.45, 7) is 0. The second kappa shape index (κ2) is 13.8. The highest BCUT2D eigenvalue weighted by molar-refractivity contribution is 6.10. The molecule has 0 unspecified atom stereocenters. The van der Waals surface area contributed by atoms with Crippen molar-refractivity contribution in [1.29, 1.82) is 0 Å². The molecule has 0 saturated carbocycles. The molecule has 0 N–H and O–H groups in total. The molecule has 2 aromatic heterocycles. The molecule has 0 bridgehead atoms. The lowest BCUT2D eigenvalue weighted by Gasteiger charge is -2.15. The summed E-state index contributed by atoms with van der Waals surface area (Å²) in [5.41, 5.74) is 10.3. The molecule has 4 nitrogen and oxygen atoms in total. The number of benzene rings is 8. The third kappa shape index (κ3) is 6.06. The van der Waals surface area contributed by atoms with E-state index in [0.29, 0.717) is 34.1 Å². The van der Waals surface area contributed by atoms with E-state index in [1.165, 1.54) is 0 Å². The normalized spacial score (nSPS) is 12.3. The highest BCUT2D eigenvalue weighted by atomic mass is 15.0. The Hall–Kier alpha value is -7.43. The molecular formula is C51H34N4. The molecule has 8 aromatic carbocycles. The van der Waals surface area contributed by atoms with Gasteiger partial charge in [0.05, 0.1) is 16.5 Å². The Morgan fingerprint density at radius 1 is 0.345 bits per heavy atom. The van der Waals surface area contributed by atoms with Crippen molar-refractivity contribution in [3.8, 4) is 73.2 Å². The third-order valence-electron chi connectivity index (χ3n) is 9.96. The predicted octanol–water partition coefficient (Wildman–Crippen LogP) is 13.0. The molecule has 10 rings (SSSR count). The zero-order valence-electron chi connectivity index (χ0n) is 33.6. The number of aromatic nitrogens is 4. The van der Waals surface area contributed by atoms with Crippen molar-refractivity contribution in [3.63, 3.8) is 0 Å². The van der Waals surface area contributed by atoms with Gasteiger partial charge in [-0.2, -0.15) is 0 Å². The van der Waals surface area contributed by atoms with Crippen LogP contribution in [0, 0.1) is 0 Å². The van der Waals surface area contributed by atoms with Gasteiger partial charge in [-0.05, 0) is 63.7 Å². The Balaban J connectivity index is 1.28. The minimum absolute atomic E-state index is 0.0842. The van der Waals surface area contributed by atoms with Crippen LogP contribution in [0.4, 0.5) is 0 Å². The average Bonchev–Trinajstić information content (AvgIpc) is 3.66. The van der Waals surface area contributed by atoms with Crippen LogP contribution in [0.15, 0.2) is 206 Å². The number of para-hydroxylation sites is 1. The monoisotopic (exact) mass is 706 g/mol. The number of nitrogens with zero attached hydrogens (tertiary/aromatic N) is 4. The summed E-state index contributed by atoms with van der Waals surface area (Å²) in [4.78, 5) is 15.1. The Morgan fingerprint density at radius 2 is 0.836 bits per heavy atom. The minimum atomic E-state index is -0.293. The molecule has 0 atom stereocenters. The summed E-state index contributed by atoms with van der Waals surface area (Å²) in [5, 5.41) is 1.18. The topological polar surface area (TPSA) is 43.6 Å². The molecule has 0 aliphatic heterocycles. The van der Waals surface area contributed by atoms with Gasteiger partial charge < -0.3 is 4.57 Å². The molecule has 0 aliphatic carbocycles. The van der Waals surface area contributed by atoms with Gasteiger partial charge in [-0.3, -0.25) is 0 Å². The second-order valence-corrected chi connectivity index (χ2v) is 13.4. The van der Waals surface area contributed by atoms with Crippen LogP contribution in [-0.2, 0) is 0 Å². The number of hydrogen-bond donors (Lipinski definition) is 0. The van der Waals surface area contributed by atoms with Crippen LogP contribution in [0.25, 0.3) is 95.0 Å². The van der Waals surface area contributed by atoms with E-state index in [4.69, 9.17) is 17.7 Å². The molecule has 2 heterocycles. The lowest BCUT2D eigenvalue weighted by Crippen LogP contribution is -2.02. The summed E-state index contributed by atoms with van der Waals surface area (Å²) in [6, 6.07) is 59.9. The Labute approximate surface area is 325 Å². The predicted molar refractivity (Wildman–Crippen MR) is 227 cm³/mol.